The fourth-order valence-electron chi connectivity index (χ4n) is 7.53. The zero-order chi connectivity index (χ0) is 39.4. The molecular formula is C39H47NO13. The Morgan fingerprint density at radius 2 is 1.55 bits per heavy atom. The fourth-order valence-corrected chi connectivity index (χ4v) is 7.53. The molecule has 6 bridgehead atoms. The number of allylic oxidation sites excluding steroid dienone is 5. The Morgan fingerprint density at radius 1 is 0.925 bits per heavy atom. The van der Waals surface area contributed by atoms with Crippen LogP contribution in [0.25, 0.3) is 5.57 Å². The highest BCUT2D eigenvalue weighted by Gasteiger charge is 2.53. The standard InChI is InChI=1S/C39H47NO13/c1-15-11-10-12-39(9,49)36-21(7)31(45)26(38(48)53-36)29(43)19(5)28(42)16(2)13-17(3)33-25-23-24(30(44)20(6)34(25)51-14-50-33)32(46)27(40-37(15)47)18(4)35(23)52-22(8)41/h10-13,16,19,21,26,28-29,31,36,42-43,45-46,49H,14H2,1-9H3,(H,40,47)/b12-10-,15-11+,17-13+/t16-,19-,21?,26-,28-,29-,31+,36?,39+/m1/s1. The van der Waals surface area contributed by atoms with Gasteiger partial charge in [0.1, 0.15) is 34.9 Å². The van der Waals surface area contributed by atoms with Crippen molar-refractivity contribution >= 4 is 34.9 Å². The Morgan fingerprint density at radius 3 is 2.19 bits per heavy atom. The number of Topliss-reactive ketones (excluding diaryl/α,β-unsaturated/α-hetero) is 1. The topological polar surface area (TPSA) is 218 Å². The van der Waals surface area contributed by atoms with E-state index in [4.69, 9.17) is 18.9 Å². The van der Waals surface area contributed by atoms with E-state index in [0.717, 1.165) is 6.92 Å². The van der Waals surface area contributed by atoms with Crippen LogP contribution in [0.3, 0.4) is 0 Å². The molecule has 14 heteroatoms. The summed E-state index contributed by atoms with van der Waals surface area (Å²) in [5.74, 6) is -7.49. The number of esters is 2. The van der Waals surface area contributed by atoms with E-state index in [-0.39, 0.29) is 63.2 Å². The SMILES string of the molecule is CC(=O)Oc1c(C)c2c(O)c3c1C1=C(OCOC1=C(C)C3=O)/C(C)=C/[C@@H](C)[C@@H](O)[C@@H](C)[C@@H](O)[C@H]1C(=O)OC(C(C)[C@@H]1O)[C@@](C)(O)/C=C\C=C(/C)C(=O)N2. The van der Waals surface area contributed by atoms with Crippen molar-refractivity contribution in [2.24, 2.45) is 23.7 Å². The second-order valence-electron chi connectivity index (χ2n) is 14.6. The number of carbonyl (C=O) groups excluding carboxylic acids is 4. The van der Waals surface area contributed by atoms with E-state index in [1.54, 1.807) is 26.8 Å². The molecule has 0 radical (unpaired) electrons. The quantitative estimate of drug-likeness (QED) is 0.138. The molecule has 286 valence electrons. The molecule has 14 nitrogen and oxygen atoms in total. The van der Waals surface area contributed by atoms with Crippen molar-refractivity contribution in [3.8, 4) is 11.5 Å². The van der Waals surface area contributed by atoms with Gasteiger partial charge in [0, 0.05) is 47.0 Å². The van der Waals surface area contributed by atoms with E-state index < -0.39 is 83.1 Å². The highest BCUT2D eigenvalue weighted by Crippen LogP contribution is 2.53. The summed E-state index contributed by atoms with van der Waals surface area (Å²) in [6.45, 7) is 13.1. The van der Waals surface area contributed by atoms with Crippen molar-refractivity contribution in [1.82, 2.24) is 0 Å². The number of nitrogens with one attached hydrogen (secondary N) is 1. The lowest BCUT2D eigenvalue weighted by molar-refractivity contribution is -0.210. The number of amides is 1. The molecule has 6 heterocycles. The second-order valence-corrected chi connectivity index (χ2v) is 14.6. The van der Waals surface area contributed by atoms with Crippen LogP contribution in [0.2, 0.25) is 0 Å². The van der Waals surface area contributed by atoms with Gasteiger partial charge in [-0.1, -0.05) is 39.0 Å². The smallest absolute Gasteiger partial charge is 0.314 e. The molecule has 7 aliphatic rings. The number of ether oxygens (including phenoxy) is 4. The average molecular weight is 738 g/mol. The van der Waals surface area contributed by atoms with Crippen molar-refractivity contribution in [3.63, 3.8) is 0 Å². The molecule has 1 aromatic rings. The predicted octanol–water partition coefficient (Wildman–Crippen LogP) is 3.50. The van der Waals surface area contributed by atoms with Crippen molar-refractivity contribution in [3.05, 3.63) is 69.2 Å². The zero-order valence-electron chi connectivity index (χ0n) is 31.1. The molecule has 8 rings (SSSR count). The first-order chi connectivity index (χ1) is 24.7. The van der Waals surface area contributed by atoms with Crippen LogP contribution in [-0.4, -0.2) is 86.0 Å². The van der Waals surface area contributed by atoms with E-state index in [1.165, 1.54) is 52.8 Å². The monoisotopic (exact) mass is 737 g/mol. The third-order valence-corrected chi connectivity index (χ3v) is 10.6. The van der Waals surface area contributed by atoms with Crippen molar-refractivity contribution < 1.29 is 63.7 Å². The molecule has 1 saturated heterocycles. The van der Waals surface area contributed by atoms with Gasteiger partial charge in [0.25, 0.3) is 5.91 Å². The van der Waals surface area contributed by atoms with Crippen molar-refractivity contribution in [2.45, 2.75) is 92.3 Å². The van der Waals surface area contributed by atoms with E-state index in [1.807, 2.05) is 0 Å². The third kappa shape index (κ3) is 6.92. The van der Waals surface area contributed by atoms with E-state index in [9.17, 15) is 44.7 Å². The Hall–Kier alpha value is -4.76. The number of hydrogen-bond acceptors (Lipinski definition) is 13. The summed E-state index contributed by atoms with van der Waals surface area (Å²) < 4.78 is 23.1. The molecule has 6 N–H and O–H groups in total. The third-order valence-electron chi connectivity index (χ3n) is 10.6. The van der Waals surface area contributed by atoms with Gasteiger partial charge in [0.15, 0.2) is 11.5 Å². The fraction of sp³-hybridized carbons (Fsp3) is 0.487. The number of rotatable bonds is 1. The van der Waals surface area contributed by atoms with Crippen LogP contribution in [0.15, 0.2) is 52.5 Å². The first kappa shape index (κ1) is 39.4. The van der Waals surface area contributed by atoms with E-state index in [2.05, 4.69) is 5.32 Å². The van der Waals surface area contributed by atoms with Crippen LogP contribution in [-0.2, 0) is 28.6 Å². The molecule has 9 atom stereocenters. The van der Waals surface area contributed by atoms with Gasteiger partial charge in [-0.15, -0.1) is 0 Å². The van der Waals surface area contributed by atoms with Gasteiger partial charge in [-0.2, -0.15) is 0 Å². The Kier molecular flexibility index (Phi) is 10.8. The molecule has 1 fully saturated rings. The lowest BCUT2D eigenvalue weighted by Gasteiger charge is -2.45. The van der Waals surface area contributed by atoms with Crippen LogP contribution in [0.5, 0.6) is 11.5 Å². The molecule has 53 heavy (non-hydrogen) atoms. The molecule has 0 aromatic heterocycles. The number of aliphatic hydroxyl groups is 4. The number of aromatic hydroxyl groups is 1. The van der Waals surface area contributed by atoms with Crippen LogP contribution in [0.1, 0.15) is 76.9 Å². The summed E-state index contributed by atoms with van der Waals surface area (Å²) in [6, 6.07) is 0. The minimum atomic E-state index is -1.84. The van der Waals surface area contributed by atoms with Crippen LogP contribution >= 0.6 is 0 Å². The summed E-state index contributed by atoms with van der Waals surface area (Å²) in [4.78, 5) is 53.3. The van der Waals surface area contributed by atoms with Crippen LogP contribution in [0.4, 0.5) is 5.69 Å². The Labute approximate surface area is 307 Å². The maximum Gasteiger partial charge on any atom is 0.314 e. The number of phenolic OH excluding ortho intramolecular Hbond substituents is 1. The van der Waals surface area contributed by atoms with E-state index >= 15 is 0 Å². The van der Waals surface area contributed by atoms with Gasteiger partial charge in [-0.05, 0) is 46.3 Å². The molecule has 0 saturated carbocycles. The summed E-state index contributed by atoms with van der Waals surface area (Å²) in [5.41, 5.74) is -1.40. The van der Waals surface area contributed by atoms with Gasteiger partial charge < -0.3 is 49.8 Å². The molecule has 1 amide bonds. The maximum absolute atomic E-state index is 13.9. The molecule has 6 aliphatic heterocycles. The van der Waals surface area contributed by atoms with Crippen LogP contribution in [0, 0.1) is 30.6 Å². The number of anilines is 1. The summed E-state index contributed by atoms with van der Waals surface area (Å²) in [6.07, 6.45) is 0.123. The molecule has 1 aromatic carbocycles. The normalized spacial score (nSPS) is 34.9. The number of hydrogen-bond donors (Lipinski definition) is 6. The lowest BCUT2D eigenvalue weighted by atomic mass is 9.73. The Balaban J connectivity index is 1.77. The minimum Gasteiger partial charge on any atom is -0.505 e. The van der Waals surface area contributed by atoms with Gasteiger partial charge in [-0.25, -0.2) is 0 Å². The number of benzene rings is 1. The van der Waals surface area contributed by atoms with Crippen molar-refractivity contribution in [1.29, 1.82) is 0 Å². The maximum atomic E-state index is 13.9. The lowest BCUT2D eigenvalue weighted by Crippen LogP contribution is -2.59. The van der Waals surface area contributed by atoms with Gasteiger partial charge in [-0.3, -0.25) is 19.2 Å². The van der Waals surface area contributed by atoms with Gasteiger partial charge in [0.05, 0.1) is 35.1 Å². The molecular weight excluding hydrogens is 690 g/mol. The summed E-state index contributed by atoms with van der Waals surface area (Å²) >= 11 is 0. The largest absolute Gasteiger partial charge is 0.505 e. The average Bonchev–Trinajstić information content (AvgIpc) is 3.09. The van der Waals surface area contributed by atoms with Gasteiger partial charge >= 0.3 is 11.9 Å². The van der Waals surface area contributed by atoms with Crippen molar-refractivity contribution in [2.75, 3.05) is 12.1 Å². The predicted molar refractivity (Wildman–Crippen MR) is 190 cm³/mol. The molecule has 1 aliphatic carbocycles. The van der Waals surface area contributed by atoms with E-state index in [0.29, 0.717) is 5.57 Å². The zero-order valence-corrected chi connectivity index (χ0v) is 31.1. The van der Waals surface area contributed by atoms with Gasteiger partial charge in [0.2, 0.25) is 6.79 Å². The number of aliphatic hydroxyl groups excluding tert-OH is 3. The number of carbonyl (C=O) groups is 4. The number of phenols is 1. The first-order valence-corrected chi connectivity index (χ1v) is 17.4. The minimum absolute atomic E-state index is 0.00790. The molecule has 0 spiro atoms. The highest BCUT2D eigenvalue weighted by molar-refractivity contribution is 6.21. The summed E-state index contributed by atoms with van der Waals surface area (Å²) in [7, 11) is 0. The summed E-state index contributed by atoms with van der Waals surface area (Å²) in [5, 5.41) is 59.9. The van der Waals surface area contributed by atoms with Crippen LogP contribution < -0.4 is 10.1 Å². The molecule has 2 unspecified atom stereocenters. The number of ketones is 1. The highest BCUT2D eigenvalue weighted by atomic mass is 16.7. The first-order valence-electron chi connectivity index (χ1n) is 17.4. The Bertz CT molecular complexity index is 1910. The second kappa shape index (κ2) is 14.6.